The van der Waals surface area contributed by atoms with E-state index in [1.54, 1.807) is 18.6 Å². The number of aromatic nitrogens is 3. The number of benzene rings is 1. The number of amides is 1. The maximum absolute atomic E-state index is 12.7. The number of hydrogen-bond acceptors (Lipinski definition) is 4. The molecule has 1 aromatic carbocycles. The summed E-state index contributed by atoms with van der Waals surface area (Å²) in [5.41, 5.74) is 3.41. The maximum atomic E-state index is 12.7. The van der Waals surface area contributed by atoms with E-state index in [2.05, 4.69) is 19.9 Å². The first kappa shape index (κ1) is 15.6. The van der Waals surface area contributed by atoms with Gasteiger partial charge in [0.05, 0.1) is 17.4 Å². The van der Waals surface area contributed by atoms with Gasteiger partial charge in [0.2, 0.25) is 5.56 Å². The minimum Gasteiger partial charge on any atom is -0.345 e. The summed E-state index contributed by atoms with van der Waals surface area (Å²) in [5, 5.41) is 0. The van der Waals surface area contributed by atoms with Gasteiger partial charge in [0.25, 0.3) is 5.91 Å². The molecule has 1 saturated heterocycles. The van der Waals surface area contributed by atoms with E-state index in [1.807, 2.05) is 29.2 Å². The molecule has 25 heavy (non-hydrogen) atoms. The van der Waals surface area contributed by atoms with Crippen LogP contribution in [0.1, 0.15) is 15.9 Å². The van der Waals surface area contributed by atoms with Crippen LogP contribution in [0, 0.1) is 0 Å². The minimum absolute atomic E-state index is 0.0557. The molecule has 0 unspecified atom stereocenters. The first-order valence-electron chi connectivity index (χ1n) is 8.31. The van der Waals surface area contributed by atoms with E-state index in [4.69, 9.17) is 0 Å². The molecule has 2 aromatic heterocycles. The van der Waals surface area contributed by atoms with Gasteiger partial charge in [-0.1, -0.05) is 6.07 Å². The first-order valence-corrected chi connectivity index (χ1v) is 8.31. The number of fused-ring (bicyclic) bond motifs is 1. The van der Waals surface area contributed by atoms with E-state index in [-0.39, 0.29) is 11.5 Å². The van der Waals surface area contributed by atoms with Crippen LogP contribution in [0.15, 0.2) is 47.7 Å². The van der Waals surface area contributed by atoms with Gasteiger partial charge in [0, 0.05) is 50.6 Å². The summed E-state index contributed by atoms with van der Waals surface area (Å²) < 4.78 is 0. The molecule has 1 amide bonds. The Labute approximate surface area is 144 Å². The molecule has 1 aliphatic rings. The van der Waals surface area contributed by atoms with Crippen molar-refractivity contribution in [3.8, 4) is 0 Å². The number of piperazine rings is 1. The van der Waals surface area contributed by atoms with Gasteiger partial charge in [0.15, 0.2) is 0 Å². The van der Waals surface area contributed by atoms with Crippen molar-refractivity contribution in [3.63, 3.8) is 0 Å². The largest absolute Gasteiger partial charge is 0.345 e. The Morgan fingerprint density at radius 1 is 1.08 bits per heavy atom. The summed E-state index contributed by atoms with van der Waals surface area (Å²) in [4.78, 5) is 37.9. The number of aromatic amines is 2. The second-order valence-corrected chi connectivity index (χ2v) is 6.26. The number of nitrogens with one attached hydrogen (secondary N) is 2. The molecule has 128 valence electrons. The lowest BCUT2D eigenvalue weighted by Crippen LogP contribution is -2.48. The lowest BCUT2D eigenvalue weighted by Gasteiger charge is -2.34. The van der Waals surface area contributed by atoms with Crippen LogP contribution in [0.2, 0.25) is 0 Å². The van der Waals surface area contributed by atoms with E-state index in [1.165, 1.54) is 0 Å². The zero-order valence-electron chi connectivity index (χ0n) is 13.7. The van der Waals surface area contributed by atoms with Gasteiger partial charge in [0.1, 0.15) is 0 Å². The molecule has 0 bridgehead atoms. The van der Waals surface area contributed by atoms with Crippen LogP contribution in [-0.2, 0) is 6.54 Å². The van der Waals surface area contributed by atoms with Gasteiger partial charge < -0.3 is 14.9 Å². The van der Waals surface area contributed by atoms with Crippen LogP contribution >= 0.6 is 0 Å². The second kappa shape index (κ2) is 6.52. The topological polar surface area (TPSA) is 85.1 Å². The Kier molecular flexibility index (Phi) is 4.07. The summed E-state index contributed by atoms with van der Waals surface area (Å²) in [6.07, 6.45) is 3.38. The van der Waals surface area contributed by atoms with Crippen molar-refractivity contribution in [1.82, 2.24) is 24.8 Å². The van der Waals surface area contributed by atoms with Gasteiger partial charge in [-0.05, 0) is 23.8 Å². The van der Waals surface area contributed by atoms with Crippen molar-refractivity contribution >= 4 is 16.9 Å². The van der Waals surface area contributed by atoms with Gasteiger partial charge in [-0.15, -0.1) is 0 Å². The molecule has 0 atom stereocenters. The smallest absolute Gasteiger partial charge is 0.254 e. The zero-order valence-corrected chi connectivity index (χ0v) is 13.7. The van der Waals surface area contributed by atoms with E-state index in [0.29, 0.717) is 18.7 Å². The third-order valence-corrected chi connectivity index (χ3v) is 4.58. The first-order chi connectivity index (χ1) is 12.2. The van der Waals surface area contributed by atoms with Crippen LogP contribution in [0.4, 0.5) is 0 Å². The predicted molar refractivity (Wildman–Crippen MR) is 94.3 cm³/mol. The van der Waals surface area contributed by atoms with E-state index in [9.17, 15) is 9.59 Å². The lowest BCUT2D eigenvalue weighted by atomic mass is 10.1. The van der Waals surface area contributed by atoms with Gasteiger partial charge in [-0.2, -0.15) is 0 Å². The number of carbonyl (C=O) groups is 1. The van der Waals surface area contributed by atoms with Crippen molar-refractivity contribution in [2.75, 3.05) is 26.2 Å². The second-order valence-electron chi connectivity index (χ2n) is 6.26. The highest BCUT2D eigenvalue weighted by molar-refractivity contribution is 5.97. The maximum Gasteiger partial charge on any atom is 0.254 e. The molecule has 1 aliphatic heterocycles. The fourth-order valence-electron chi connectivity index (χ4n) is 3.16. The summed E-state index contributed by atoms with van der Waals surface area (Å²) in [6, 6.07) is 8.94. The van der Waals surface area contributed by atoms with Crippen LogP contribution in [0.3, 0.4) is 0 Å². The number of carbonyl (C=O) groups excluding carboxylic acids is 1. The molecule has 1 fully saturated rings. The Morgan fingerprint density at radius 2 is 1.92 bits per heavy atom. The van der Waals surface area contributed by atoms with Crippen LogP contribution < -0.4 is 5.56 Å². The molecule has 2 N–H and O–H groups in total. The fourth-order valence-corrected chi connectivity index (χ4v) is 3.16. The number of rotatable bonds is 3. The number of H-pyrrole nitrogens is 2. The molecule has 4 rings (SSSR count). The van der Waals surface area contributed by atoms with Crippen molar-refractivity contribution in [1.29, 1.82) is 0 Å². The third-order valence-electron chi connectivity index (χ3n) is 4.58. The van der Waals surface area contributed by atoms with Crippen molar-refractivity contribution in [2.45, 2.75) is 6.54 Å². The molecule has 3 aromatic rings. The summed E-state index contributed by atoms with van der Waals surface area (Å²) >= 11 is 0. The molecule has 0 spiro atoms. The molecule has 0 saturated carbocycles. The molecule has 0 aliphatic carbocycles. The molecular formula is C18H19N5O2. The SMILES string of the molecule is O=C(c1ccc2nc[nH]c2c1)N1CCN(Cc2ccc(=O)[nH]c2)CC1. The highest BCUT2D eigenvalue weighted by Gasteiger charge is 2.22. The van der Waals surface area contributed by atoms with Gasteiger partial charge in [-0.25, -0.2) is 4.98 Å². The van der Waals surface area contributed by atoms with Crippen molar-refractivity contribution < 1.29 is 4.79 Å². The Morgan fingerprint density at radius 3 is 2.68 bits per heavy atom. The average Bonchev–Trinajstić information content (AvgIpc) is 3.11. The van der Waals surface area contributed by atoms with Crippen LogP contribution in [-0.4, -0.2) is 56.8 Å². The van der Waals surface area contributed by atoms with E-state index in [0.717, 1.165) is 36.2 Å². The lowest BCUT2D eigenvalue weighted by molar-refractivity contribution is 0.0628. The van der Waals surface area contributed by atoms with Gasteiger partial charge >= 0.3 is 0 Å². The van der Waals surface area contributed by atoms with Crippen LogP contribution in [0.25, 0.3) is 11.0 Å². The summed E-state index contributed by atoms with van der Waals surface area (Å²) in [5.74, 6) is 0.0557. The minimum atomic E-state index is -0.0894. The Bertz CT molecular complexity index is 933. The monoisotopic (exact) mass is 337 g/mol. The van der Waals surface area contributed by atoms with Gasteiger partial charge in [-0.3, -0.25) is 14.5 Å². The van der Waals surface area contributed by atoms with E-state index < -0.39 is 0 Å². The van der Waals surface area contributed by atoms with E-state index >= 15 is 0 Å². The summed E-state index contributed by atoms with van der Waals surface area (Å²) in [7, 11) is 0. The quantitative estimate of drug-likeness (QED) is 0.752. The highest BCUT2D eigenvalue weighted by Crippen LogP contribution is 2.15. The third kappa shape index (κ3) is 3.32. The predicted octanol–water partition coefficient (Wildman–Crippen LogP) is 1.21. The molecule has 3 heterocycles. The number of nitrogens with zero attached hydrogens (tertiary/aromatic N) is 3. The standard InChI is InChI=1S/C18H19N5O2/c24-17-4-1-13(10-19-17)11-22-5-7-23(8-6-22)18(25)14-2-3-15-16(9-14)21-12-20-15/h1-4,9-10,12H,5-8,11H2,(H,19,24)(H,20,21). The number of pyridine rings is 1. The number of imidazole rings is 1. The zero-order chi connectivity index (χ0) is 17.2. The number of hydrogen-bond donors (Lipinski definition) is 2. The Hall–Kier alpha value is -2.93. The fraction of sp³-hybridized carbons (Fsp3) is 0.278. The molecular weight excluding hydrogens is 318 g/mol. The van der Waals surface area contributed by atoms with Crippen molar-refractivity contribution in [2.24, 2.45) is 0 Å². The normalized spacial score (nSPS) is 15.6. The Balaban J connectivity index is 1.38. The highest BCUT2D eigenvalue weighted by atomic mass is 16.2. The molecule has 0 radical (unpaired) electrons. The van der Waals surface area contributed by atoms with Crippen LogP contribution in [0.5, 0.6) is 0 Å². The summed E-state index contributed by atoms with van der Waals surface area (Å²) in [6.45, 7) is 3.81. The average molecular weight is 337 g/mol. The van der Waals surface area contributed by atoms with Crippen molar-refractivity contribution in [3.05, 3.63) is 64.3 Å². The molecule has 7 nitrogen and oxygen atoms in total. The molecule has 7 heteroatoms.